The van der Waals surface area contributed by atoms with Crippen molar-refractivity contribution >= 4 is 16.8 Å². The summed E-state index contributed by atoms with van der Waals surface area (Å²) in [6.45, 7) is 1.05. The molecule has 1 amide bonds. The standard InChI is InChI=1S/C27H24N2O4/c1-31-22-13-17(7-9-20(22)32-15-16-5-3-2-4-6-16)26-25-24-21(33-26)10-8-19-23(24)18(14-29-19)11-12-28-27(25)30/h2-10,13-14,25-26,29H,11-12,15H2,1H3,(H,28,30). The molecule has 0 saturated heterocycles. The summed E-state index contributed by atoms with van der Waals surface area (Å²) in [5, 5.41) is 4.20. The number of carbonyl (C=O) groups excluding carboxylic acids is 1. The Morgan fingerprint density at radius 2 is 1.94 bits per heavy atom. The van der Waals surface area contributed by atoms with E-state index in [1.54, 1.807) is 7.11 Å². The van der Waals surface area contributed by atoms with Gasteiger partial charge in [-0.25, -0.2) is 0 Å². The Morgan fingerprint density at radius 3 is 2.79 bits per heavy atom. The largest absolute Gasteiger partial charge is 0.493 e. The number of benzene rings is 3. The molecule has 2 unspecified atom stereocenters. The smallest absolute Gasteiger partial charge is 0.231 e. The van der Waals surface area contributed by atoms with Gasteiger partial charge in [0.2, 0.25) is 5.91 Å². The molecule has 2 aliphatic heterocycles. The lowest BCUT2D eigenvalue weighted by molar-refractivity contribution is -0.124. The number of nitrogens with one attached hydrogen (secondary N) is 2. The normalized spacial score (nSPS) is 18.9. The van der Waals surface area contributed by atoms with Crippen molar-refractivity contribution in [2.24, 2.45) is 0 Å². The molecular weight excluding hydrogens is 416 g/mol. The van der Waals surface area contributed by atoms with Crippen molar-refractivity contribution in [3.63, 3.8) is 0 Å². The summed E-state index contributed by atoms with van der Waals surface area (Å²) in [7, 11) is 1.62. The van der Waals surface area contributed by atoms with Crippen molar-refractivity contribution in [2.75, 3.05) is 13.7 Å². The van der Waals surface area contributed by atoms with E-state index in [0.29, 0.717) is 24.7 Å². The number of methoxy groups -OCH3 is 1. The van der Waals surface area contributed by atoms with Crippen LogP contribution >= 0.6 is 0 Å². The van der Waals surface area contributed by atoms with E-state index in [0.717, 1.165) is 39.8 Å². The van der Waals surface area contributed by atoms with Crippen LogP contribution in [-0.4, -0.2) is 24.5 Å². The first-order chi connectivity index (χ1) is 16.2. The number of ether oxygens (including phenoxy) is 3. The van der Waals surface area contributed by atoms with Crippen molar-refractivity contribution in [3.05, 3.63) is 89.1 Å². The van der Waals surface area contributed by atoms with Gasteiger partial charge in [-0.05, 0) is 47.4 Å². The van der Waals surface area contributed by atoms with E-state index >= 15 is 0 Å². The second-order valence-corrected chi connectivity index (χ2v) is 8.46. The Hall–Kier alpha value is -3.93. The van der Waals surface area contributed by atoms with Crippen LogP contribution in [0.4, 0.5) is 0 Å². The highest BCUT2D eigenvalue weighted by molar-refractivity contribution is 5.97. The lowest BCUT2D eigenvalue weighted by Gasteiger charge is -2.22. The number of H-pyrrole nitrogens is 1. The van der Waals surface area contributed by atoms with E-state index in [4.69, 9.17) is 14.2 Å². The van der Waals surface area contributed by atoms with Gasteiger partial charge in [-0.15, -0.1) is 0 Å². The zero-order valence-corrected chi connectivity index (χ0v) is 18.3. The van der Waals surface area contributed by atoms with Crippen LogP contribution in [0.3, 0.4) is 0 Å². The van der Waals surface area contributed by atoms with Gasteiger partial charge in [-0.3, -0.25) is 4.79 Å². The predicted molar refractivity (Wildman–Crippen MR) is 125 cm³/mol. The Balaban J connectivity index is 1.36. The zero-order valence-electron chi connectivity index (χ0n) is 18.3. The van der Waals surface area contributed by atoms with E-state index in [2.05, 4.69) is 10.3 Å². The summed E-state index contributed by atoms with van der Waals surface area (Å²) in [4.78, 5) is 16.6. The Morgan fingerprint density at radius 1 is 1.06 bits per heavy atom. The van der Waals surface area contributed by atoms with Crippen molar-refractivity contribution in [2.45, 2.75) is 25.0 Å². The fourth-order valence-corrected chi connectivity index (χ4v) is 4.94. The molecule has 0 saturated carbocycles. The number of aromatic amines is 1. The van der Waals surface area contributed by atoms with Crippen molar-refractivity contribution in [3.8, 4) is 17.2 Å². The van der Waals surface area contributed by atoms with Gasteiger partial charge in [-0.1, -0.05) is 36.4 Å². The van der Waals surface area contributed by atoms with Crippen LogP contribution in [0.1, 0.15) is 34.3 Å². The highest BCUT2D eigenvalue weighted by Gasteiger charge is 2.43. The predicted octanol–water partition coefficient (Wildman–Crippen LogP) is 4.65. The lowest BCUT2D eigenvalue weighted by Crippen LogP contribution is -2.34. The first kappa shape index (κ1) is 19.7. The third-order valence-electron chi connectivity index (χ3n) is 6.53. The average Bonchev–Trinajstić information content (AvgIpc) is 3.43. The van der Waals surface area contributed by atoms with Crippen LogP contribution in [0.25, 0.3) is 10.9 Å². The van der Waals surface area contributed by atoms with Crippen LogP contribution in [0.15, 0.2) is 66.9 Å². The fourth-order valence-electron chi connectivity index (χ4n) is 4.94. The van der Waals surface area contributed by atoms with Gasteiger partial charge in [0.15, 0.2) is 11.5 Å². The van der Waals surface area contributed by atoms with E-state index in [1.807, 2.05) is 66.9 Å². The minimum Gasteiger partial charge on any atom is -0.493 e. The van der Waals surface area contributed by atoms with Gasteiger partial charge in [0.05, 0.1) is 7.11 Å². The molecule has 2 aliphatic rings. The van der Waals surface area contributed by atoms with Gasteiger partial charge in [-0.2, -0.15) is 0 Å². The highest BCUT2D eigenvalue weighted by Crippen LogP contribution is 2.51. The molecule has 0 fully saturated rings. The zero-order chi connectivity index (χ0) is 22.4. The maximum absolute atomic E-state index is 13.2. The minimum atomic E-state index is -0.441. The average molecular weight is 440 g/mol. The third kappa shape index (κ3) is 3.30. The maximum atomic E-state index is 13.2. The Kier molecular flexibility index (Phi) is 4.72. The molecule has 6 heteroatoms. The molecule has 166 valence electrons. The summed E-state index contributed by atoms with van der Waals surface area (Å²) >= 11 is 0. The molecule has 4 aromatic rings. The van der Waals surface area contributed by atoms with E-state index in [-0.39, 0.29) is 5.91 Å². The molecule has 0 bridgehead atoms. The summed E-state index contributed by atoms with van der Waals surface area (Å²) in [5.74, 6) is 1.58. The second-order valence-electron chi connectivity index (χ2n) is 8.46. The molecule has 2 N–H and O–H groups in total. The molecule has 0 radical (unpaired) electrons. The topological polar surface area (TPSA) is 72.6 Å². The van der Waals surface area contributed by atoms with Crippen molar-refractivity contribution < 1.29 is 19.0 Å². The number of amides is 1. The van der Waals surface area contributed by atoms with Crippen LogP contribution in [0.5, 0.6) is 17.2 Å². The van der Waals surface area contributed by atoms with Gasteiger partial charge < -0.3 is 24.5 Å². The second kappa shape index (κ2) is 7.89. The quantitative estimate of drug-likeness (QED) is 0.474. The van der Waals surface area contributed by atoms with Crippen molar-refractivity contribution in [1.82, 2.24) is 10.3 Å². The van der Waals surface area contributed by atoms with Gasteiger partial charge in [0.1, 0.15) is 24.4 Å². The number of hydrogen-bond donors (Lipinski definition) is 2. The molecule has 6 rings (SSSR count). The van der Waals surface area contributed by atoms with Crippen LogP contribution in [0.2, 0.25) is 0 Å². The Labute approximate surface area is 191 Å². The van der Waals surface area contributed by atoms with Gasteiger partial charge in [0.25, 0.3) is 0 Å². The number of aromatic nitrogens is 1. The summed E-state index contributed by atoms with van der Waals surface area (Å²) in [6, 6.07) is 19.7. The van der Waals surface area contributed by atoms with Crippen LogP contribution in [-0.2, 0) is 17.8 Å². The van der Waals surface area contributed by atoms with Crippen molar-refractivity contribution in [1.29, 1.82) is 0 Å². The number of carbonyl (C=O) groups is 1. The minimum absolute atomic E-state index is 0.0125. The molecule has 1 aromatic heterocycles. The fraction of sp³-hybridized carbons (Fsp3) is 0.222. The third-order valence-corrected chi connectivity index (χ3v) is 6.53. The molecule has 0 spiro atoms. The Bertz CT molecular complexity index is 1350. The van der Waals surface area contributed by atoms with Crippen LogP contribution in [0, 0.1) is 0 Å². The molecule has 6 nitrogen and oxygen atoms in total. The summed E-state index contributed by atoms with van der Waals surface area (Å²) < 4.78 is 18.0. The molecule has 3 heterocycles. The maximum Gasteiger partial charge on any atom is 0.231 e. The SMILES string of the molecule is COc1cc(C2Oc3ccc4[nH]cc5c4c3C2C(=O)NCC5)ccc1OCc1ccccc1. The van der Waals surface area contributed by atoms with Crippen LogP contribution < -0.4 is 19.5 Å². The van der Waals surface area contributed by atoms with E-state index < -0.39 is 12.0 Å². The summed E-state index contributed by atoms with van der Waals surface area (Å²) in [6.07, 6.45) is 2.39. The molecular formula is C27H24N2O4. The lowest BCUT2D eigenvalue weighted by atomic mass is 9.86. The molecule has 0 aliphatic carbocycles. The monoisotopic (exact) mass is 440 g/mol. The summed E-state index contributed by atoms with van der Waals surface area (Å²) in [5.41, 5.74) is 5.17. The van der Waals surface area contributed by atoms with Gasteiger partial charge >= 0.3 is 0 Å². The van der Waals surface area contributed by atoms with Gasteiger partial charge in [0, 0.05) is 29.2 Å². The van der Waals surface area contributed by atoms with E-state index in [1.165, 1.54) is 5.56 Å². The highest BCUT2D eigenvalue weighted by atomic mass is 16.5. The number of rotatable bonds is 5. The van der Waals surface area contributed by atoms with E-state index in [9.17, 15) is 4.79 Å². The first-order valence-corrected chi connectivity index (χ1v) is 11.1. The number of hydrogen-bond acceptors (Lipinski definition) is 4. The molecule has 33 heavy (non-hydrogen) atoms. The molecule has 2 atom stereocenters. The first-order valence-electron chi connectivity index (χ1n) is 11.1. The molecule has 3 aromatic carbocycles.